The van der Waals surface area contributed by atoms with Gasteiger partial charge in [-0.25, -0.2) is 4.98 Å². The van der Waals surface area contributed by atoms with Gasteiger partial charge in [0.25, 0.3) is 0 Å². The lowest BCUT2D eigenvalue weighted by molar-refractivity contribution is 0.953. The fourth-order valence-electron chi connectivity index (χ4n) is 11.6. The quantitative estimate of drug-likeness (QED) is 0.150. The molecule has 0 unspecified atom stereocenters. The average Bonchev–Trinajstić information content (AvgIpc) is 4.02. The van der Waals surface area contributed by atoms with Crippen molar-refractivity contribution in [3.8, 4) is 67.8 Å². The minimum Gasteiger partial charge on any atom is -0.307 e. The molecule has 3 aromatic heterocycles. The summed E-state index contributed by atoms with van der Waals surface area (Å²) < 4.78 is 4.76. The number of hydrogen-bond acceptors (Lipinski definition) is 3. The zero-order chi connectivity index (χ0) is 48.7. The minimum atomic E-state index is 0.543. The summed E-state index contributed by atoms with van der Waals surface area (Å²) in [5.41, 5.74) is 14.0. The maximum absolute atomic E-state index is 5.48. The molecule has 0 atom stereocenters. The minimum absolute atomic E-state index is 0.543. The van der Waals surface area contributed by atoms with Crippen molar-refractivity contribution in [1.29, 1.82) is 0 Å². The van der Waals surface area contributed by atoms with Gasteiger partial charge in [0.05, 0.1) is 22.1 Å². The Labute approximate surface area is 426 Å². The summed E-state index contributed by atoms with van der Waals surface area (Å²) in [6.07, 6.45) is 0. The molecule has 0 N–H and O–H groups in total. The largest absolute Gasteiger partial charge is 0.307 e. The first-order valence-corrected chi connectivity index (χ1v) is 25.2. The highest BCUT2D eigenvalue weighted by atomic mass is 15.2. The van der Waals surface area contributed by atoms with E-state index >= 15 is 0 Å². The molecular formula is C69H43N5. The molecule has 3 heterocycles. The molecule has 0 aliphatic heterocycles. The van der Waals surface area contributed by atoms with Crippen molar-refractivity contribution >= 4 is 75.9 Å². The van der Waals surface area contributed by atoms with Crippen LogP contribution in [0.3, 0.4) is 0 Å². The summed E-state index contributed by atoms with van der Waals surface area (Å²) >= 11 is 0. The van der Waals surface area contributed by atoms with Crippen molar-refractivity contribution in [2.24, 2.45) is 0 Å². The monoisotopic (exact) mass is 941 g/mol. The first kappa shape index (κ1) is 41.8. The molecule has 15 aromatic rings. The van der Waals surface area contributed by atoms with Gasteiger partial charge in [-0.3, -0.25) is 4.57 Å². The summed E-state index contributed by atoms with van der Waals surface area (Å²) in [6, 6.07) is 93.7. The second kappa shape index (κ2) is 16.8. The van der Waals surface area contributed by atoms with Gasteiger partial charge < -0.3 is 4.57 Å². The van der Waals surface area contributed by atoms with Crippen molar-refractivity contribution in [1.82, 2.24) is 24.1 Å². The van der Waals surface area contributed by atoms with E-state index in [1.807, 2.05) is 24.3 Å². The number of benzene rings is 12. The van der Waals surface area contributed by atoms with Crippen LogP contribution < -0.4 is 0 Å². The highest BCUT2D eigenvalue weighted by molar-refractivity contribution is 6.30. The molecule has 0 saturated heterocycles. The Morgan fingerprint density at radius 2 is 0.649 bits per heavy atom. The number of rotatable bonds is 7. The highest BCUT2D eigenvalue weighted by Crippen LogP contribution is 2.48. The van der Waals surface area contributed by atoms with Crippen LogP contribution in [0.15, 0.2) is 261 Å². The summed E-state index contributed by atoms with van der Waals surface area (Å²) in [5, 5.41) is 12.0. The van der Waals surface area contributed by atoms with Crippen molar-refractivity contribution in [3.05, 3.63) is 261 Å². The summed E-state index contributed by atoms with van der Waals surface area (Å²) in [6.45, 7) is 0. The zero-order valence-electron chi connectivity index (χ0n) is 40.1. The van der Waals surface area contributed by atoms with Gasteiger partial charge in [-0.15, -0.1) is 0 Å². The lowest BCUT2D eigenvalue weighted by Crippen LogP contribution is -2.07. The lowest BCUT2D eigenvalue weighted by atomic mass is 9.90. The van der Waals surface area contributed by atoms with E-state index in [-0.39, 0.29) is 0 Å². The Hall–Kier alpha value is -9.97. The molecule has 15 rings (SSSR count). The van der Waals surface area contributed by atoms with E-state index in [0.717, 1.165) is 88.2 Å². The van der Waals surface area contributed by atoms with E-state index in [1.54, 1.807) is 0 Å². The van der Waals surface area contributed by atoms with E-state index < -0.39 is 0 Å². The van der Waals surface area contributed by atoms with Crippen LogP contribution >= 0.6 is 0 Å². The van der Waals surface area contributed by atoms with Crippen molar-refractivity contribution in [3.63, 3.8) is 0 Å². The number of fused-ring (bicyclic) bond motifs is 13. The fourth-order valence-corrected chi connectivity index (χ4v) is 11.6. The van der Waals surface area contributed by atoms with Gasteiger partial charge in [0.2, 0.25) is 5.95 Å². The fraction of sp³-hybridized carbons (Fsp3) is 0. The number of nitrogens with zero attached hydrogens (tertiary/aromatic N) is 5. The first-order chi connectivity index (χ1) is 36.7. The number of hydrogen-bond donors (Lipinski definition) is 0. The van der Waals surface area contributed by atoms with E-state index in [4.69, 9.17) is 15.0 Å². The Balaban J connectivity index is 1.06. The molecule has 0 radical (unpaired) electrons. The predicted molar refractivity (Wildman–Crippen MR) is 308 cm³/mol. The van der Waals surface area contributed by atoms with Gasteiger partial charge in [0, 0.05) is 38.4 Å². The smallest absolute Gasteiger partial charge is 0.238 e. The second-order valence-corrected chi connectivity index (χ2v) is 19.1. The maximum atomic E-state index is 5.48. The molecule has 0 fully saturated rings. The van der Waals surface area contributed by atoms with Crippen LogP contribution in [0, 0.1) is 0 Å². The number of aromatic nitrogens is 5. The normalized spacial score (nSPS) is 11.8. The maximum Gasteiger partial charge on any atom is 0.238 e. The van der Waals surface area contributed by atoms with E-state index in [9.17, 15) is 0 Å². The van der Waals surface area contributed by atoms with Gasteiger partial charge in [0.15, 0.2) is 11.6 Å². The standard InChI is InChI=1S/C69H43N5/c1-4-18-44(19-5-1)46-32-34-49(35-33-46)68-70-67(48-22-8-3-9-23-48)71-69(72-68)74-62-30-16-14-28-57(62)61-43-59(50-38-41-56-54-26-11-10-24-52(54)53-25-12-13-27-55(53)60(56)42-50)64-58-29-15-17-31-63(58)73(66(64)65(61)74)51-39-36-47(37-40-51)45-20-6-2-7-21-45/h1-43H. The van der Waals surface area contributed by atoms with Crippen LogP contribution in [0.25, 0.3) is 144 Å². The molecule has 0 bridgehead atoms. The summed E-state index contributed by atoms with van der Waals surface area (Å²) in [7, 11) is 0. The van der Waals surface area contributed by atoms with Crippen LogP contribution in [-0.2, 0) is 0 Å². The van der Waals surface area contributed by atoms with Gasteiger partial charge in [-0.1, -0.05) is 224 Å². The lowest BCUT2D eigenvalue weighted by Gasteiger charge is -2.16. The molecule has 5 heteroatoms. The third-order valence-corrected chi connectivity index (χ3v) is 15.0. The van der Waals surface area contributed by atoms with E-state index in [0.29, 0.717) is 17.6 Å². The second-order valence-electron chi connectivity index (χ2n) is 19.1. The Kier molecular flexibility index (Phi) is 9.50. The Morgan fingerprint density at radius 1 is 0.243 bits per heavy atom. The molecule has 344 valence electrons. The van der Waals surface area contributed by atoms with Crippen LogP contribution in [0.5, 0.6) is 0 Å². The van der Waals surface area contributed by atoms with Gasteiger partial charge >= 0.3 is 0 Å². The molecule has 0 aliphatic carbocycles. The molecule has 74 heavy (non-hydrogen) atoms. The molecular weight excluding hydrogens is 899 g/mol. The van der Waals surface area contributed by atoms with Crippen LogP contribution in [0.1, 0.15) is 0 Å². The molecule has 0 amide bonds. The van der Waals surface area contributed by atoms with Gasteiger partial charge in [-0.05, 0) is 102 Å². The third kappa shape index (κ3) is 6.60. The molecule has 0 spiro atoms. The van der Waals surface area contributed by atoms with E-state index in [1.165, 1.54) is 37.9 Å². The SMILES string of the molecule is c1ccc(-c2ccc(-c3nc(-c4ccccc4)nc(-n4c5ccccc5c5cc(-c6ccc7c8ccccc8c8ccccc8c7c6)c6c7ccccc7n(-c7ccc(-c8ccccc8)cc7)c6c54)n3)cc2)cc1. The molecule has 0 aliphatic rings. The Bertz CT molecular complexity index is 4640. The Morgan fingerprint density at radius 3 is 1.23 bits per heavy atom. The third-order valence-electron chi connectivity index (χ3n) is 15.0. The summed E-state index contributed by atoms with van der Waals surface area (Å²) in [5.74, 6) is 1.74. The average molecular weight is 942 g/mol. The van der Waals surface area contributed by atoms with Gasteiger partial charge in [0.1, 0.15) is 0 Å². The molecule has 12 aromatic carbocycles. The van der Waals surface area contributed by atoms with Crippen molar-refractivity contribution in [2.75, 3.05) is 0 Å². The highest BCUT2D eigenvalue weighted by Gasteiger charge is 2.26. The van der Waals surface area contributed by atoms with Crippen molar-refractivity contribution in [2.45, 2.75) is 0 Å². The topological polar surface area (TPSA) is 48.5 Å². The zero-order valence-corrected chi connectivity index (χ0v) is 40.1. The van der Waals surface area contributed by atoms with E-state index in [2.05, 4.69) is 246 Å². The number of para-hydroxylation sites is 2. The molecule has 0 saturated carbocycles. The predicted octanol–water partition coefficient (Wildman–Crippen LogP) is 17.9. The van der Waals surface area contributed by atoms with Crippen LogP contribution in [0.2, 0.25) is 0 Å². The van der Waals surface area contributed by atoms with Crippen LogP contribution in [0.4, 0.5) is 0 Å². The first-order valence-electron chi connectivity index (χ1n) is 25.2. The van der Waals surface area contributed by atoms with Crippen LogP contribution in [-0.4, -0.2) is 24.1 Å². The summed E-state index contributed by atoms with van der Waals surface area (Å²) in [4.78, 5) is 16.1. The van der Waals surface area contributed by atoms with Gasteiger partial charge in [-0.2, -0.15) is 9.97 Å². The molecule has 5 nitrogen and oxygen atoms in total. The van der Waals surface area contributed by atoms with Crippen molar-refractivity contribution < 1.29 is 0 Å².